The molecule has 1 aromatic carbocycles. The number of nitrogens with one attached hydrogen (secondary N) is 1. The van der Waals surface area contributed by atoms with Crippen LogP contribution in [0.5, 0.6) is 5.75 Å². The summed E-state index contributed by atoms with van der Waals surface area (Å²) in [5, 5.41) is 24.9. The number of nitrogens with zero attached hydrogens (tertiary/aromatic N) is 1. The monoisotopic (exact) mass is 356 g/mol. The fourth-order valence-corrected chi connectivity index (χ4v) is 3.00. The predicted octanol–water partition coefficient (Wildman–Crippen LogP) is 3.05. The van der Waals surface area contributed by atoms with Gasteiger partial charge in [-0.05, 0) is 33.4 Å². The zero-order valence-electron chi connectivity index (χ0n) is 10.00. The number of phenolic OH excluding ortho intramolecular Hbond substituents is 1. The SMILES string of the molecule is O=C(NCc1sccc1Br)c1cccc([N+](=O)[O-])c1O. The normalized spacial score (nSPS) is 10.2. The first-order chi connectivity index (χ1) is 9.50. The Labute approximate surface area is 126 Å². The highest BCUT2D eigenvalue weighted by Gasteiger charge is 2.20. The lowest BCUT2D eigenvalue weighted by Gasteiger charge is -2.06. The van der Waals surface area contributed by atoms with Crippen LogP contribution in [-0.4, -0.2) is 15.9 Å². The van der Waals surface area contributed by atoms with E-state index in [-0.39, 0.29) is 12.1 Å². The lowest BCUT2D eigenvalue weighted by Crippen LogP contribution is -2.22. The number of phenols is 1. The topological polar surface area (TPSA) is 92.5 Å². The summed E-state index contributed by atoms with van der Waals surface area (Å²) in [5.74, 6) is -1.19. The molecule has 1 aromatic heterocycles. The summed E-state index contributed by atoms with van der Waals surface area (Å²) in [6, 6.07) is 5.69. The maximum absolute atomic E-state index is 11.9. The molecule has 0 unspecified atom stereocenters. The van der Waals surface area contributed by atoms with Gasteiger partial charge in [-0.3, -0.25) is 14.9 Å². The number of nitro groups is 1. The summed E-state index contributed by atoms with van der Waals surface area (Å²) >= 11 is 4.80. The molecule has 0 saturated heterocycles. The lowest BCUT2D eigenvalue weighted by molar-refractivity contribution is -0.385. The van der Waals surface area contributed by atoms with Crippen LogP contribution in [0.15, 0.2) is 34.1 Å². The molecule has 1 heterocycles. The van der Waals surface area contributed by atoms with Gasteiger partial charge in [0.15, 0.2) is 0 Å². The summed E-state index contributed by atoms with van der Waals surface area (Å²) in [7, 11) is 0. The Morgan fingerprint density at radius 1 is 1.45 bits per heavy atom. The number of amides is 1. The van der Waals surface area contributed by atoms with Crippen LogP contribution in [0.4, 0.5) is 5.69 Å². The molecule has 2 N–H and O–H groups in total. The number of para-hydroxylation sites is 1. The average Bonchev–Trinajstić information content (AvgIpc) is 2.81. The van der Waals surface area contributed by atoms with Crippen molar-refractivity contribution in [3.63, 3.8) is 0 Å². The van der Waals surface area contributed by atoms with Crippen molar-refractivity contribution >= 4 is 38.9 Å². The zero-order chi connectivity index (χ0) is 14.7. The van der Waals surface area contributed by atoms with Gasteiger partial charge < -0.3 is 10.4 Å². The molecule has 0 spiro atoms. The van der Waals surface area contributed by atoms with Crippen molar-refractivity contribution in [2.24, 2.45) is 0 Å². The van der Waals surface area contributed by atoms with Crippen LogP contribution in [-0.2, 0) is 6.54 Å². The number of rotatable bonds is 4. The Hall–Kier alpha value is -1.93. The van der Waals surface area contributed by atoms with E-state index in [1.807, 2.05) is 11.4 Å². The molecular formula is C12H9BrN2O4S. The van der Waals surface area contributed by atoms with E-state index in [4.69, 9.17) is 0 Å². The molecule has 0 aliphatic carbocycles. The number of hydrogen-bond acceptors (Lipinski definition) is 5. The van der Waals surface area contributed by atoms with Crippen LogP contribution in [0.25, 0.3) is 0 Å². The van der Waals surface area contributed by atoms with Crippen LogP contribution in [0.1, 0.15) is 15.2 Å². The first-order valence-electron chi connectivity index (χ1n) is 5.47. The van der Waals surface area contributed by atoms with E-state index in [2.05, 4.69) is 21.2 Å². The van der Waals surface area contributed by atoms with E-state index in [0.717, 1.165) is 15.4 Å². The van der Waals surface area contributed by atoms with E-state index >= 15 is 0 Å². The molecule has 20 heavy (non-hydrogen) atoms. The number of nitro benzene ring substituents is 1. The maximum Gasteiger partial charge on any atom is 0.311 e. The molecule has 0 aliphatic rings. The highest BCUT2D eigenvalue weighted by atomic mass is 79.9. The van der Waals surface area contributed by atoms with Crippen LogP contribution < -0.4 is 5.32 Å². The summed E-state index contributed by atoms with van der Waals surface area (Å²) < 4.78 is 0.881. The van der Waals surface area contributed by atoms with Crippen LogP contribution >= 0.6 is 27.3 Å². The van der Waals surface area contributed by atoms with E-state index in [1.165, 1.54) is 23.5 Å². The van der Waals surface area contributed by atoms with E-state index in [9.17, 15) is 20.0 Å². The molecule has 104 valence electrons. The van der Waals surface area contributed by atoms with Gasteiger partial charge in [-0.15, -0.1) is 11.3 Å². The second-order valence-corrected chi connectivity index (χ2v) is 5.66. The van der Waals surface area contributed by atoms with Gasteiger partial charge in [0.1, 0.15) is 0 Å². The number of carbonyl (C=O) groups excluding carboxylic acids is 1. The number of carbonyl (C=O) groups is 1. The highest BCUT2D eigenvalue weighted by molar-refractivity contribution is 9.10. The molecule has 0 atom stereocenters. The summed E-state index contributed by atoms with van der Waals surface area (Å²) in [4.78, 5) is 22.8. The van der Waals surface area contributed by atoms with Crippen molar-refractivity contribution in [2.75, 3.05) is 0 Å². The molecule has 2 rings (SSSR count). The van der Waals surface area contributed by atoms with Gasteiger partial charge in [0.05, 0.1) is 17.0 Å². The van der Waals surface area contributed by atoms with Gasteiger partial charge in [-0.2, -0.15) is 0 Å². The summed E-state index contributed by atoms with van der Waals surface area (Å²) in [6.45, 7) is 0.277. The fourth-order valence-electron chi connectivity index (χ4n) is 1.57. The van der Waals surface area contributed by atoms with Crippen LogP contribution in [0.3, 0.4) is 0 Å². The number of hydrogen-bond donors (Lipinski definition) is 2. The quantitative estimate of drug-likeness (QED) is 0.650. The Balaban J connectivity index is 2.16. The van der Waals surface area contributed by atoms with Gasteiger partial charge in [0.2, 0.25) is 5.75 Å². The zero-order valence-corrected chi connectivity index (χ0v) is 12.4. The molecule has 0 saturated carbocycles. The number of aromatic hydroxyl groups is 1. The van der Waals surface area contributed by atoms with Crippen molar-refractivity contribution in [3.8, 4) is 5.75 Å². The summed E-state index contributed by atoms with van der Waals surface area (Å²) in [5.41, 5.74) is -0.609. The minimum absolute atomic E-state index is 0.119. The predicted molar refractivity (Wildman–Crippen MR) is 78.0 cm³/mol. The Morgan fingerprint density at radius 2 is 2.20 bits per heavy atom. The molecule has 1 amide bonds. The van der Waals surface area contributed by atoms with Gasteiger partial charge in [0, 0.05) is 15.4 Å². The second-order valence-electron chi connectivity index (χ2n) is 3.80. The molecule has 0 fully saturated rings. The number of thiophene rings is 1. The Bertz CT molecular complexity index is 671. The highest BCUT2D eigenvalue weighted by Crippen LogP contribution is 2.29. The largest absolute Gasteiger partial charge is 0.502 e. The van der Waals surface area contributed by atoms with Crippen LogP contribution in [0, 0.1) is 10.1 Å². The van der Waals surface area contributed by atoms with Gasteiger partial charge in [0.25, 0.3) is 5.91 Å². The molecule has 0 aliphatic heterocycles. The van der Waals surface area contributed by atoms with Gasteiger partial charge >= 0.3 is 5.69 Å². The number of benzene rings is 1. The molecular weight excluding hydrogens is 348 g/mol. The van der Waals surface area contributed by atoms with E-state index < -0.39 is 22.3 Å². The first kappa shape index (κ1) is 14.5. The number of halogens is 1. The third-order valence-corrected chi connectivity index (χ3v) is 4.48. The molecule has 8 heteroatoms. The molecule has 6 nitrogen and oxygen atoms in total. The van der Waals surface area contributed by atoms with Crippen LogP contribution in [0.2, 0.25) is 0 Å². The van der Waals surface area contributed by atoms with Crippen molar-refractivity contribution in [3.05, 3.63) is 54.7 Å². The van der Waals surface area contributed by atoms with Gasteiger partial charge in [-0.1, -0.05) is 6.07 Å². The minimum atomic E-state index is -0.734. The van der Waals surface area contributed by atoms with Crippen molar-refractivity contribution < 1.29 is 14.8 Å². The van der Waals surface area contributed by atoms with Gasteiger partial charge in [-0.25, -0.2) is 0 Å². The van der Waals surface area contributed by atoms with E-state index in [1.54, 1.807) is 0 Å². The third-order valence-electron chi connectivity index (χ3n) is 2.56. The lowest BCUT2D eigenvalue weighted by atomic mass is 10.1. The molecule has 2 aromatic rings. The standard InChI is InChI=1S/C12H9BrN2O4S/c13-8-4-5-20-10(8)6-14-12(17)7-2-1-3-9(11(7)16)15(18)19/h1-5,16H,6H2,(H,14,17). The average molecular weight is 357 g/mol. The minimum Gasteiger partial charge on any atom is -0.502 e. The third kappa shape index (κ3) is 2.97. The van der Waals surface area contributed by atoms with E-state index in [0.29, 0.717) is 0 Å². The van der Waals surface area contributed by atoms with Crippen molar-refractivity contribution in [1.82, 2.24) is 5.32 Å². The van der Waals surface area contributed by atoms with Crippen molar-refractivity contribution in [2.45, 2.75) is 6.54 Å². The summed E-state index contributed by atoms with van der Waals surface area (Å²) in [6.07, 6.45) is 0. The molecule has 0 radical (unpaired) electrons. The Morgan fingerprint density at radius 3 is 2.80 bits per heavy atom. The molecule has 0 bridgehead atoms. The fraction of sp³-hybridized carbons (Fsp3) is 0.0833. The van der Waals surface area contributed by atoms with Crippen molar-refractivity contribution in [1.29, 1.82) is 0 Å². The maximum atomic E-state index is 11.9. The second kappa shape index (κ2) is 6.02. The first-order valence-corrected chi connectivity index (χ1v) is 7.14. The Kier molecular flexibility index (Phi) is 4.35. The smallest absolute Gasteiger partial charge is 0.311 e.